The van der Waals surface area contributed by atoms with Crippen molar-refractivity contribution in [2.24, 2.45) is 0 Å². The van der Waals surface area contributed by atoms with E-state index in [9.17, 15) is 4.39 Å². The maximum atomic E-state index is 13.3. The lowest BCUT2D eigenvalue weighted by molar-refractivity contribution is 0.243. The van der Waals surface area contributed by atoms with E-state index in [0.717, 1.165) is 55.3 Å². The molecule has 30 heavy (non-hydrogen) atoms. The van der Waals surface area contributed by atoms with Gasteiger partial charge in [0.25, 0.3) is 0 Å². The first-order valence-electron chi connectivity index (χ1n) is 11.2. The fourth-order valence-corrected chi connectivity index (χ4v) is 4.79. The molecule has 0 radical (unpaired) electrons. The topological polar surface area (TPSA) is 37.8 Å². The van der Waals surface area contributed by atoms with Crippen molar-refractivity contribution >= 4 is 10.9 Å². The number of fused-ring (bicyclic) bond motifs is 1. The van der Waals surface area contributed by atoms with E-state index in [2.05, 4.69) is 35.9 Å². The molecule has 0 unspecified atom stereocenters. The van der Waals surface area contributed by atoms with Crippen molar-refractivity contribution in [2.75, 3.05) is 53.5 Å². The van der Waals surface area contributed by atoms with E-state index in [4.69, 9.17) is 14.5 Å². The van der Waals surface area contributed by atoms with Crippen LogP contribution in [0.4, 0.5) is 4.39 Å². The van der Waals surface area contributed by atoms with E-state index in [0.29, 0.717) is 25.5 Å². The number of benzene rings is 1. The number of ether oxygens (including phenoxy) is 2. The van der Waals surface area contributed by atoms with Gasteiger partial charge in [-0.3, -0.25) is 4.98 Å². The Hall–Kier alpha value is -1.92. The van der Waals surface area contributed by atoms with Gasteiger partial charge >= 0.3 is 0 Å². The smallest absolute Gasteiger partial charge is 0.163 e. The van der Waals surface area contributed by atoms with Gasteiger partial charge in [-0.05, 0) is 76.4 Å². The molecule has 0 N–H and O–H groups in total. The second-order valence-corrected chi connectivity index (χ2v) is 8.84. The Morgan fingerprint density at radius 2 is 1.90 bits per heavy atom. The van der Waals surface area contributed by atoms with Crippen LogP contribution >= 0.6 is 0 Å². The lowest BCUT2D eigenvalue weighted by Crippen LogP contribution is -2.29. The predicted molar refractivity (Wildman–Crippen MR) is 119 cm³/mol. The molecule has 2 aliphatic rings. The zero-order valence-corrected chi connectivity index (χ0v) is 18.5. The first-order valence-corrected chi connectivity index (χ1v) is 11.2. The molecule has 0 saturated carbocycles. The van der Waals surface area contributed by atoms with Crippen molar-refractivity contribution in [2.45, 2.75) is 44.7 Å². The standard InChI is InChI=1S/C24H34FN3O2/c1-17-13-20(18-5-9-27(2)10-6-18)21-14-23(29-3)24(15-22(21)26-17)30-12-4-8-28-11-7-19(25)16-28/h13-15,18-19H,4-12,16H2,1-3H3/t19-/m1/s1. The molecule has 1 atom stereocenters. The van der Waals surface area contributed by atoms with Crippen LogP contribution in [0.2, 0.25) is 0 Å². The highest BCUT2D eigenvalue weighted by molar-refractivity contribution is 5.86. The van der Waals surface area contributed by atoms with Crippen LogP contribution in [0, 0.1) is 6.92 Å². The van der Waals surface area contributed by atoms with Crippen LogP contribution in [0.5, 0.6) is 11.5 Å². The SMILES string of the molecule is COc1cc2c(C3CCN(C)CC3)cc(C)nc2cc1OCCCN1CC[C@@H](F)C1. The molecule has 0 spiro atoms. The van der Waals surface area contributed by atoms with Crippen LogP contribution in [0.25, 0.3) is 10.9 Å². The number of hydrogen-bond acceptors (Lipinski definition) is 5. The van der Waals surface area contributed by atoms with Crippen LogP contribution in [-0.4, -0.2) is 74.4 Å². The first kappa shape index (κ1) is 21.3. The van der Waals surface area contributed by atoms with E-state index in [-0.39, 0.29) is 0 Å². The van der Waals surface area contributed by atoms with Gasteiger partial charge in [-0.1, -0.05) is 0 Å². The van der Waals surface area contributed by atoms with Crippen molar-refractivity contribution in [3.63, 3.8) is 0 Å². The van der Waals surface area contributed by atoms with Crippen LogP contribution in [0.1, 0.15) is 42.9 Å². The normalized spacial score (nSPS) is 21.4. The predicted octanol–water partition coefficient (Wildman–Crippen LogP) is 4.17. The number of halogens is 1. The summed E-state index contributed by atoms with van der Waals surface area (Å²) in [4.78, 5) is 9.35. The molecule has 2 saturated heterocycles. The monoisotopic (exact) mass is 415 g/mol. The van der Waals surface area contributed by atoms with Crippen molar-refractivity contribution in [1.29, 1.82) is 0 Å². The zero-order valence-electron chi connectivity index (χ0n) is 18.5. The van der Waals surface area contributed by atoms with Crippen molar-refractivity contribution < 1.29 is 13.9 Å². The number of methoxy groups -OCH3 is 1. The molecular weight excluding hydrogens is 381 g/mol. The summed E-state index contributed by atoms with van der Waals surface area (Å²) in [7, 11) is 3.88. The van der Waals surface area contributed by atoms with Crippen LogP contribution in [0.3, 0.4) is 0 Å². The van der Waals surface area contributed by atoms with Gasteiger partial charge in [0.05, 0.1) is 19.2 Å². The lowest BCUT2D eigenvalue weighted by Gasteiger charge is -2.30. The maximum absolute atomic E-state index is 13.3. The second-order valence-electron chi connectivity index (χ2n) is 8.84. The van der Waals surface area contributed by atoms with Gasteiger partial charge in [-0.25, -0.2) is 4.39 Å². The largest absolute Gasteiger partial charge is 0.493 e. The van der Waals surface area contributed by atoms with Crippen molar-refractivity contribution in [3.8, 4) is 11.5 Å². The molecule has 1 aromatic carbocycles. The van der Waals surface area contributed by atoms with Gasteiger partial charge in [0.2, 0.25) is 0 Å². The summed E-state index contributed by atoms with van der Waals surface area (Å²) >= 11 is 0. The Labute approximate surface area is 179 Å². The summed E-state index contributed by atoms with van der Waals surface area (Å²) in [6.45, 7) is 7.19. The highest BCUT2D eigenvalue weighted by Crippen LogP contribution is 2.38. The van der Waals surface area contributed by atoms with Crippen LogP contribution < -0.4 is 9.47 Å². The number of piperidine rings is 1. The Balaban J connectivity index is 1.50. The molecule has 6 heteroatoms. The molecule has 2 fully saturated rings. The van der Waals surface area contributed by atoms with E-state index in [1.54, 1.807) is 7.11 Å². The molecule has 0 aliphatic carbocycles. The number of likely N-dealkylation sites (tertiary alicyclic amines) is 2. The molecule has 4 rings (SSSR count). The fraction of sp³-hybridized carbons (Fsp3) is 0.625. The number of hydrogen-bond donors (Lipinski definition) is 0. The molecular formula is C24H34FN3O2. The first-order chi connectivity index (χ1) is 14.5. The minimum absolute atomic E-state index is 0.557. The van der Waals surface area contributed by atoms with Gasteiger partial charge < -0.3 is 19.3 Å². The molecule has 3 heterocycles. The Kier molecular flexibility index (Phi) is 6.74. The molecule has 164 valence electrons. The number of alkyl halides is 1. The van der Waals surface area contributed by atoms with Gasteiger partial charge in [-0.2, -0.15) is 0 Å². The molecule has 1 aromatic heterocycles. The van der Waals surface area contributed by atoms with Crippen LogP contribution in [0.15, 0.2) is 18.2 Å². The van der Waals surface area contributed by atoms with Crippen molar-refractivity contribution in [1.82, 2.24) is 14.8 Å². The molecule has 2 aromatic rings. The zero-order chi connectivity index (χ0) is 21.1. The highest BCUT2D eigenvalue weighted by Gasteiger charge is 2.23. The molecule has 0 bridgehead atoms. The van der Waals surface area contributed by atoms with Gasteiger partial charge in [0.1, 0.15) is 6.17 Å². The third kappa shape index (κ3) is 4.86. The lowest BCUT2D eigenvalue weighted by atomic mass is 9.87. The number of nitrogens with zero attached hydrogens (tertiary/aromatic N) is 3. The van der Waals surface area contributed by atoms with Gasteiger partial charge in [-0.15, -0.1) is 0 Å². The average Bonchev–Trinajstić information content (AvgIpc) is 3.15. The van der Waals surface area contributed by atoms with Gasteiger partial charge in [0, 0.05) is 36.8 Å². The molecule has 5 nitrogen and oxygen atoms in total. The highest BCUT2D eigenvalue weighted by atomic mass is 19.1. The average molecular weight is 416 g/mol. The summed E-state index contributed by atoms with van der Waals surface area (Å²) in [6.07, 6.45) is 3.21. The minimum atomic E-state index is -0.667. The van der Waals surface area contributed by atoms with E-state index < -0.39 is 6.17 Å². The van der Waals surface area contributed by atoms with E-state index in [1.807, 2.05) is 6.07 Å². The third-order valence-corrected chi connectivity index (χ3v) is 6.50. The summed E-state index contributed by atoms with van der Waals surface area (Å²) in [5.74, 6) is 2.05. The minimum Gasteiger partial charge on any atom is -0.493 e. The number of pyridine rings is 1. The number of rotatable bonds is 7. The van der Waals surface area contributed by atoms with Crippen LogP contribution in [-0.2, 0) is 0 Å². The number of aromatic nitrogens is 1. The van der Waals surface area contributed by atoms with Gasteiger partial charge in [0.15, 0.2) is 11.5 Å². The third-order valence-electron chi connectivity index (χ3n) is 6.50. The summed E-state index contributed by atoms with van der Waals surface area (Å²) < 4.78 is 25.1. The van der Waals surface area contributed by atoms with Crippen molar-refractivity contribution in [3.05, 3.63) is 29.5 Å². The Morgan fingerprint density at radius 1 is 1.10 bits per heavy atom. The molecule has 0 amide bonds. The molecule has 2 aliphatic heterocycles. The van der Waals surface area contributed by atoms with E-state index in [1.165, 1.54) is 23.8 Å². The summed E-state index contributed by atoms with van der Waals surface area (Å²) in [5, 5.41) is 1.17. The quantitative estimate of drug-likeness (QED) is 0.635. The fourth-order valence-electron chi connectivity index (χ4n) is 4.79. The summed E-state index contributed by atoms with van der Waals surface area (Å²) in [5.41, 5.74) is 3.40. The number of aryl methyl sites for hydroxylation is 1. The Bertz CT molecular complexity index is 867. The van der Waals surface area contributed by atoms with E-state index >= 15 is 0 Å². The Morgan fingerprint density at radius 3 is 2.60 bits per heavy atom. The summed E-state index contributed by atoms with van der Waals surface area (Å²) in [6, 6.07) is 6.36. The maximum Gasteiger partial charge on any atom is 0.163 e. The second kappa shape index (κ2) is 9.48.